The molecule has 4 nitrogen and oxygen atoms in total. The molecule has 2 aromatic carbocycles. The normalized spacial score (nSPS) is 12.7. The van der Waals surface area contributed by atoms with Crippen LogP contribution in [0.15, 0.2) is 53.5 Å². The van der Waals surface area contributed by atoms with Gasteiger partial charge < -0.3 is 15.7 Å². The highest BCUT2D eigenvalue weighted by atomic mass is 19.1. The maximum absolute atomic E-state index is 13.6. The van der Waals surface area contributed by atoms with Crippen molar-refractivity contribution in [1.29, 1.82) is 0 Å². The molecule has 0 aliphatic rings. The van der Waals surface area contributed by atoms with Gasteiger partial charge >= 0.3 is 0 Å². The van der Waals surface area contributed by atoms with Crippen LogP contribution in [0.1, 0.15) is 24.2 Å². The fourth-order valence-electron chi connectivity index (χ4n) is 2.33. The average molecular weight is 347 g/mol. The van der Waals surface area contributed by atoms with Gasteiger partial charge in [0.1, 0.15) is 11.6 Å². The van der Waals surface area contributed by atoms with Gasteiger partial charge in [0, 0.05) is 13.1 Å². The molecule has 0 fully saturated rings. The van der Waals surface area contributed by atoms with Gasteiger partial charge in [-0.1, -0.05) is 30.3 Å². The molecule has 2 aromatic rings. The Balaban J connectivity index is 1.89. The molecule has 0 spiro atoms. The monoisotopic (exact) mass is 347 g/mol. The molecule has 0 aliphatic carbocycles. The van der Waals surface area contributed by atoms with Crippen molar-refractivity contribution in [2.75, 3.05) is 19.6 Å². The smallest absolute Gasteiger partial charge is 0.191 e. The lowest BCUT2D eigenvalue weighted by molar-refractivity contribution is 0.187. The maximum atomic E-state index is 13.6. The minimum atomic E-state index is -0.817. The number of hydrogen-bond acceptors (Lipinski definition) is 2. The zero-order chi connectivity index (χ0) is 18.1. The Morgan fingerprint density at radius 2 is 1.80 bits per heavy atom. The minimum absolute atomic E-state index is 0.140. The molecule has 0 bridgehead atoms. The van der Waals surface area contributed by atoms with E-state index in [1.807, 2.05) is 6.92 Å². The zero-order valence-corrected chi connectivity index (χ0v) is 14.2. The van der Waals surface area contributed by atoms with E-state index in [9.17, 15) is 13.9 Å². The van der Waals surface area contributed by atoms with Crippen LogP contribution in [0.25, 0.3) is 0 Å². The number of halogens is 2. The second-order valence-corrected chi connectivity index (χ2v) is 5.56. The predicted octanol–water partition coefficient (Wildman–Crippen LogP) is 2.80. The Hall–Kier alpha value is -2.47. The first kappa shape index (κ1) is 18.9. The van der Waals surface area contributed by atoms with Crippen LogP contribution in [0, 0.1) is 11.6 Å². The number of nitrogens with zero attached hydrogens (tertiary/aromatic N) is 1. The third kappa shape index (κ3) is 6.15. The van der Waals surface area contributed by atoms with E-state index in [1.165, 1.54) is 30.3 Å². The molecule has 25 heavy (non-hydrogen) atoms. The fraction of sp³-hybridized carbons (Fsp3) is 0.316. The molecular formula is C19H23F2N3O. The number of benzene rings is 2. The molecule has 0 heterocycles. The molecule has 0 aromatic heterocycles. The summed E-state index contributed by atoms with van der Waals surface area (Å²) >= 11 is 0. The lowest BCUT2D eigenvalue weighted by Crippen LogP contribution is -2.38. The van der Waals surface area contributed by atoms with E-state index in [0.29, 0.717) is 36.6 Å². The highest BCUT2D eigenvalue weighted by Crippen LogP contribution is 2.13. The van der Waals surface area contributed by atoms with Gasteiger partial charge in [-0.05, 0) is 42.7 Å². The van der Waals surface area contributed by atoms with Crippen LogP contribution in [0.5, 0.6) is 0 Å². The van der Waals surface area contributed by atoms with E-state index >= 15 is 0 Å². The third-order valence-electron chi connectivity index (χ3n) is 3.67. The molecule has 0 amide bonds. The summed E-state index contributed by atoms with van der Waals surface area (Å²) < 4.78 is 26.5. The van der Waals surface area contributed by atoms with Crippen LogP contribution >= 0.6 is 0 Å². The number of aliphatic hydroxyl groups excluding tert-OH is 1. The molecule has 1 unspecified atom stereocenters. The fourth-order valence-corrected chi connectivity index (χ4v) is 2.33. The SMILES string of the molecule is CCNC(=NCC(O)c1ccc(F)cc1)NCCc1ccccc1F. The molecular weight excluding hydrogens is 324 g/mol. The quantitative estimate of drug-likeness (QED) is 0.533. The van der Waals surface area contributed by atoms with Crippen molar-refractivity contribution in [2.24, 2.45) is 4.99 Å². The standard InChI is InChI=1S/C19H23F2N3O/c1-2-22-19(23-12-11-14-5-3-4-6-17(14)21)24-13-18(25)15-7-9-16(20)10-8-15/h3-10,18,25H,2,11-13H2,1H3,(H2,22,23,24). The number of nitrogens with one attached hydrogen (secondary N) is 2. The van der Waals surface area contributed by atoms with Gasteiger partial charge in [-0.15, -0.1) is 0 Å². The summed E-state index contributed by atoms with van der Waals surface area (Å²) in [6.45, 7) is 3.25. The van der Waals surface area contributed by atoms with Crippen molar-refractivity contribution < 1.29 is 13.9 Å². The lowest BCUT2D eigenvalue weighted by Gasteiger charge is -2.13. The first-order valence-corrected chi connectivity index (χ1v) is 8.29. The van der Waals surface area contributed by atoms with E-state index in [1.54, 1.807) is 18.2 Å². The van der Waals surface area contributed by atoms with E-state index in [2.05, 4.69) is 15.6 Å². The van der Waals surface area contributed by atoms with Crippen LogP contribution in [-0.4, -0.2) is 30.7 Å². The topological polar surface area (TPSA) is 56.7 Å². The van der Waals surface area contributed by atoms with E-state index in [4.69, 9.17) is 0 Å². The first-order chi connectivity index (χ1) is 12.1. The van der Waals surface area contributed by atoms with Gasteiger partial charge in [-0.2, -0.15) is 0 Å². The van der Waals surface area contributed by atoms with Gasteiger partial charge in [0.15, 0.2) is 5.96 Å². The minimum Gasteiger partial charge on any atom is -0.386 e. The number of hydrogen-bond donors (Lipinski definition) is 3. The molecule has 1 atom stereocenters. The van der Waals surface area contributed by atoms with Crippen LogP contribution in [0.2, 0.25) is 0 Å². The second-order valence-electron chi connectivity index (χ2n) is 5.56. The van der Waals surface area contributed by atoms with Crippen molar-refractivity contribution in [3.8, 4) is 0 Å². The van der Waals surface area contributed by atoms with Crippen molar-refractivity contribution >= 4 is 5.96 Å². The highest BCUT2D eigenvalue weighted by Gasteiger charge is 2.08. The Labute approximate surface area is 146 Å². The van der Waals surface area contributed by atoms with Gasteiger partial charge in [0.25, 0.3) is 0 Å². The largest absolute Gasteiger partial charge is 0.386 e. The van der Waals surface area contributed by atoms with E-state index in [0.717, 1.165) is 0 Å². The van der Waals surface area contributed by atoms with Crippen LogP contribution in [0.4, 0.5) is 8.78 Å². The van der Waals surface area contributed by atoms with Gasteiger partial charge in [-0.25, -0.2) is 8.78 Å². The Morgan fingerprint density at radius 1 is 1.08 bits per heavy atom. The van der Waals surface area contributed by atoms with E-state index < -0.39 is 6.10 Å². The number of guanidine groups is 1. The summed E-state index contributed by atoms with van der Waals surface area (Å²) in [5.74, 6) is -0.0272. The van der Waals surface area contributed by atoms with Gasteiger partial charge in [-0.3, -0.25) is 4.99 Å². The molecule has 3 N–H and O–H groups in total. The molecule has 0 saturated carbocycles. The first-order valence-electron chi connectivity index (χ1n) is 8.29. The van der Waals surface area contributed by atoms with Crippen LogP contribution < -0.4 is 10.6 Å². The Morgan fingerprint density at radius 3 is 2.48 bits per heavy atom. The van der Waals surface area contributed by atoms with Crippen molar-refractivity contribution in [2.45, 2.75) is 19.4 Å². The van der Waals surface area contributed by atoms with Crippen molar-refractivity contribution in [3.63, 3.8) is 0 Å². The van der Waals surface area contributed by atoms with Gasteiger partial charge in [0.05, 0.1) is 12.6 Å². The summed E-state index contributed by atoms with van der Waals surface area (Å²) in [5, 5.41) is 16.3. The summed E-state index contributed by atoms with van der Waals surface area (Å²) in [4.78, 5) is 4.32. The summed E-state index contributed by atoms with van der Waals surface area (Å²) in [6, 6.07) is 12.3. The number of aliphatic hydroxyl groups is 1. The summed E-state index contributed by atoms with van der Waals surface area (Å²) in [7, 11) is 0. The molecule has 0 radical (unpaired) electrons. The van der Waals surface area contributed by atoms with Crippen LogP contribution in [-0.2, 0) is 6.42 Å². The lowest BCUT2D eigenvalue weighted by atomic mass is 10.1. The number of rotatable bonds is 7. The van der Waals surface area contributed by atoms with Crippen molar-refractivity contribution in [1.82, 2.24) is 10.6 Å². The molecule has 2 rings (SSSR count). The highest BCUT2D eigenvalue weighted by molar-refractivity contribution is 5.79. The summed E-state index contributed by atoms with van der Waals surface area (Å²) in [5.41, 5.74) is 1.24. The van der Waals surface area contributed by atoms with Crippen LogP contribution in [0.3, 0.4) is 0 Å². The van der Waals surface area contributed by atoms with Gasteiger partial charge in [0.2, 0.25) is 0 Å². The maximum Gasteiger partial charge on any atom is 0.191 e. The third-order valence-corrected chi connectivity index (χ3v) is 3.67. The number of aliphatic imine (C=N–C) groups is 1. The summed E-state index contributed by atoms with van der Waals surface area (Å²) in [6.07, 6.45) is -0.292. The molecule has 0 saturated heterocycles. The Bertz CT molecular complexity index is 689. The molecule has 6 heteroatoms. The molecule has 0 aliphatic heterocycles. The predicted molar refractivity (Wildman–Crippen MR) is 95.4 cm³/mol. The average Bonchev–Trinajstić information content (AvgIpc) is 2.61. The zero-order valence-electron chi connectivity index (χ0n) is 14.2. The second kappa shape index (κ2) is 9.74. The molecule has 134 valence electrons. The Kier molecular flexibility index (Phi) is 7.35. The van der Waals surface area contributed by atoms with Crippen molar-refractivity contribution in [3.05, 3.63) is 71.3 Å². The van der Waals surface area contributed by atoms with E-state index in [-0.39, 0.29) is 18.2 Å².